The summed E-state index contributed by atoms with van der Waals surface area (Å²) < 4.78 is 1.46. The van der Waals surface area contributed by atoms with Crippen LogP contribution in [0.5, 0.6) is 0 Å². The van der Waals surface area contributed by atoms with Gasteiger partial charge in [-0.05, 0) is 10.4 Å². The average molecular weight is 217 g/mol. The van der Waals surface area contributed by atoms with Crippen LogP contribution in [0, 0.1) is 0 Å². The van der Waals surface area contributed by atoms with Crippen LogP contribution in [-0.4, -0.2) is 50.0 Å². The second-order valence-corrected chi connectivity index (χ2v) is 3.51. The molecule has 14 heavy (non-hydrogen) atoms. The van der Waals surface area contributed by atoms with Gasteiger partial charge >= 0.3 is 0 Å². The van der Waals surface area contributed by atoms with Crippen molar-refractivity contribution < 1.29 is 9.90 Å². The van der Waals surface area contributed by atoms with Gasteiger partial charge in [0.05, 0.1) is 19.2 Å². The van der Waals surface area contributed by atoms with Crippen molar-refractivity contribution in [2.24, 2.45) is 5.73 Å². The number of thioether (sulfide) groups is 1. The number of aromatic nitrogens is 4. The minimum Gasteiger partial charge on any atom is -0.394 e. The maximum atomic E-state index is 10.2. The van der Waals surface area contributed by atoms with Gasteiger partial charge in [-0.25, -0.2) is 4.68 Å². The van der Waals surface area contributed by atoms with Gasteiger partial charge in [-0.1, -0.05) is 11.8 Å². The summed E-state index contributed by atoms with van der Waals surface area (Å²) in [6.07, 6.45) is 0.674. The Labute approximate surface area is 84.7 Å². The van der Waals surface area contributed by atoms with Crippen LogP contribution < -0.4 is 5.73 Å². The van der Waals surface area contributed by atoms with Gasteiger partial charge in [0.15, 0.2) is 0 Å². The van der Waals surface area contributed by atoms with Gasteiger partial charge in [-0.2, -0.15) is 0 Å². The first-order chi connectivity index (χ1) is 6.77. The van der Waals surface area contributed by atoms with Crippen molar-refractivity contribution in [2.45, 2.75) is 17.7 Å². The summed E-state index contributed by atoms with van der Waals surface area (Å²) in [5, 5.41) is 20.1. The molecule has 0 aliphatic heterocycles. The Bertz CT molecular complexity index is 292. The summed E-state index contributed by atoms with van der Waals surface area (Å²) in [7, 11) is 0. The number of nitrogens with zero attached hydrogens (tertiary/aromatic N) is 4. The highest BCUT2D eigenvalue weighted by Crippen LogP contribution is 2.13. The van der Waals surface area contributed by atoms with Crippen LogP contribution in [0.15, 0.2) is 5.16 Å². The second kappa shape index (κ2) is 5.68. The molecule has 0 fully saturated rings. The summed E-state index contributed by atoms with van der Waals surface area (Å²) in [5.41, 5.74) is 5.40. The van der Waals surface area contributed by atoms with Crippen molar-refractivity contribution in [3.8, 4) is 0 Å². The van der Waals surface area contributed by atoms with E-state index in [2.05, 4.69) is 15.5 Å². The Morgan fingerprint density at radius 1 is 1.71 bits per heavy atom. The predicted octanol–water partition coefficient (Wildman–Crippen LogP) is -1.72. The normalized spacial score (nSPS) is 12.7. The molecule has 0 saturated heterocycles. The number of tetrazole rings is 1. The van der Waals surface area contributed by atoms with Crippen molar-refractivity contribution in [3.63, 3.8) is 0 Å². The van der Waals surface area contributed by atoms with Gasteiger partial charge in [-0.3, -0.25) is 0 Å². The van der Waals surface area contributed by atoms with Gasteiger partial charge < -0.3 is 15.6 Å². The zero-order chi connectivity index (χ0) is 10.4. The summed E-state index contributed by atoms with van der Waals surface area (Å²) in [6.45, 7) is 0.310. The quantitative estimate of drug-likeness (QED) is 0.431. The Morgan fingerprint density at radius 2 is 2.50 bits per heavy atom. The Balaban J connectivity index is 2.48. The molecule has 0 radical (unpaired) electrons. The van der Waals surface area contributed by atoms with E-state index in [1.807, 2.05) is 0 Å². The molecule has 0 bridgehead atoms. The minimum absolute atomic E-state index is 0.0294. The number of nitrogens with two attached hydrogens (primary N) is 1. The lowest BCUT2D eigenvalue weighted by Crippen LogP contribution is -2.24. The molecule has 0 aliphatic rings. The summed E-state index contributed by atoms with van der Waals surface area (Å²) >= 11 is 1.29. The molecule has 78 valence electrons. The molecule has 0 aliphatic carbocycles. The molecule has 1 heterocycles. The molecule has 0 aromatic carbocycles. The summed E-state index contributed by atoms with van der Waals surface area (Å²) in [4.78, 5) is 10.2. The zero-order valence-electron chi connectivity index (χ0n) is 7.41. The molecule has 7 nitrogen and oxygen atoms in total. The second-order valence-electron chi connectivity index (χ2n) is 2.52. The minimum atomic E-state index is -0.515. The largest absolute Gasteiger partial charge is 0.394 e. The van der Waals surface area contributed by atoms with E-state index < -0.39 is 6.04 Å². The lowest BCUT2D eigenvalue weighted by molar-refractivity contribution is -0.108. The van der Waals surface area contributed by atoms with Gasteiger partial charge in [-0.15, -0.1) is 5.10 Å². The Hall–Kier alpha value is -0.990. The van der Waals surface area contributed by atoms with E-state index in [1.165, 1.54) is 16.4 Å². The van der Waals surface area contributed by atoms with E-state index in [4.69, 9.17) is 10.8 Å². The Morgan fingerprint density at radius 3 is 3.14 bits per heavy atom. The first-order valence-electron chi connectivity index (χ1n) is 3.98. The van der Waals surface area contributed by atoms with Crippen molar-refractivity contribution in [3.05, 3.63) is 0 Å². The maximum Gasteiger partial charge on any atom is 0.209 e. The topological polar surface area (TPSA) is 107 Å². The van der Waals surface area contributed by atoms with Crippen LogP contribution in [0.25, 0.3) is 0 Å². The molecule has 0 saturated carbocycles. The smallest absolute Gasteiger partial charge is 0.209 e. The van der Waals surface area contributed by atoms with Gasteiger partial charge in [0, 0.05) is 5.75 Å². The monoisotopic (exact) mass is 217 g/mol. The molecule has 1 aromatic rings. The third-order valence-electron chi connectivity index (χ3n) is 1.39. The lowest BCUT2D eigenvalue weighted by atomic mass is 10.4. The van der Waals surface area contributed by atoms with Gasteiger partial charge in [0.2, 0.25) is 5.16 Å². The fourth-order valence-electron chi connectivity index (χ4n) is 0.745. The number of aliphatic hydroxyl groups is 1. The molecule has 0 spiro atoms. The van der Waals surface area contributed by atoms with Crippen LogP contribution in [0.3, 0.4) is 0 Å². The third kappa shape index (κ3) is 3.05. The van der Waals surface area contributed by atoms with E-state index in [1.54, 1.807) is 0 Å². The van der Waals surface area contributed by atoms with Gasteiger partial charge in [0.25, 0.3) is 0 Å². The van der Waals surface area contributed by atoms with Crippen LogP contribution in [0.1, 0.15) is 0 Å². The molecule has 3 N–H and O–H groups in total. The van der Waals surface area contributed by atoms with Crippen molar-refractivity contribution in [1.82, 2.24) is 20.2 Å². The third-order valence-corrected chi connectivity index (χ3v) is 2.49. The van der Waals surface area contributed by atoms with Crippen LogP contribution >= 0.6 is 11.8 Å². The number of hydrogen-bond donors (Lipinski definition) is 2. The predicted molar refractivity (Wildman–Crippen MR) is 49.7 cm³/mol. The van der Waals surface area contributed by atoms with E-state index >= 15 is 0 Å². The van der Waals surface area contributed by atoms with Crippen molar-refractivity contribution in [1.29, 1.82) is 0 Å². The van der Waals surface area contributed by atoms with Crippen molar-refractivity contribution in [2.75, 3.05) is 12.4 Å². The van der Waals surface area contributed by atoms with E-state index in [0.717, 1.165) is 0 Å². The molecule has 1 unspecified atom stereocenters. The SMILES string of the molecule is NC(C=O)CSc1nnnn1CCO. The maximum absolute atomic E-state index is 10.2. The highest BCUT2D eigenvalue weighted by atomic mass is 32.2. The number of aldehydes is 1. The highest BCUT2D eigenvalue weighted by Gasteiger charge is 2.08. The molecule has 1 aromatic heterocycles. The highest BCUT2D eigenvalue weighted by molar-refractivity contribution is 7.99. The van der Waals surface area contributed by atoms with E-state index in [9.17, 15) is 4.79 Å². The number of carbonyl (C=O) groups excluding carboxylic acids is 1. The molecular formula is C6H11N5O2S. The van der Waals surface area contributed by atoms with Crippen molar-refractivity contribution >= 4 is 18.0 Å². The number of carbonyl (C=O) groups is 1. The average Bonchev–Trinajstić information content (AvgIpc) is 2.62. The van der Waals surface area contributed by atoms with E-state index in [-0.39, 0.29) is 6.61 Å². The number of hydrogen-bond acceptors (Lipinski definition) is 7. The Kier molecular flexibility index (Phi) is 4.50. The fraction of sp³-hybridized carbons (Fsp3) is 0.667. The molecule has 1 atom stereocenters. The number of aliphatic hydroxyl groups excluding tert-OH is 1. The standard InChI is InChI=1S/C6H11N5O2S/c7-5(3-13)4-14-6-8-9-10-11(6)1-2-12/h3,5,12H,1-2,4,7H2. The molecular weight excluding hydrogens is 206 g/mol. The molecule has 1 rings (SSSR count). The molecule has 8 heteroatoms. The summed E-state index contributed by atoms with van der Waals surface area (Å²) in [6, 6.07) is -0.515. The van der Waals surface area contributed by atoms with Crippen LogP contribution in [0.4, 0.5) is 0 Å². The lowest BCUT2D eigenvalue weighted by Gasteiger charge is -2.03. The van der Waals surface area contributed by atoms with Gasteiger partial charge in [0.1, 0.15) is 6.29 Å². The first kappa shape index (κ1) is 11.1. The fourth-order valence-corrected chi connectivity index (χ4v) is 1.54. The zero-order valence-corrected chi connectivity index (χ0v) is 8.22. The van der Waals surface area contributed by atoms with Crippen LogP contribution in [0.2, 0.25) is 0 Å². The van der Waals surface area contributed by atoms with Crippen LogP contribution in [-0.2, 0) is 11.3 Å². The number of rotatable bonds is 6. The molecule has 0 amide bonds. The van der Waals surface area contributed by atoms with E-state index in [0.29, 0.717) is 23.7 Å². The first-order valence-corrected chi connectivity index (χ1v) is 4.97. The summed E-state index contributed by atoms with van der Waals surface area (Å²) in [5.74, 6) is 0.426.